The fourth-order valence-corrected chi connectivity index (χ4v) is 3.44. The number of likely N-dealkylation sites (tertiary alicyclic amines) is 1. The van der Waals surface area contributed by atoms with E-state index in [-0.39, 0.29) is 17.6 Å². The SMILES string of the molecule is O=C(NCCN1CCCCCC1=O)c1ccccc1C(=O)c1ccc(Cl)cc1. The minimum Gasteiger partial charge on any atom is -0.350 e. The molecule has 0 aromatic heterocycles. The lowest BCUT2D eigenvalue weighted by Gasteiger charge is -2.20. The highest BCUT2D eigenvalue weighted by Gasteiger charge is 2.19. The highest BCUT2D eigenvalue weighted by molar-refractivity contribution is 6.30. The third-order valence-electron chi connectivity index (χ3n) is 4.86. The lowest BCUT2D eigenvalue weighted by Crippen LogP contribution is -2.38. The van der Waals surface area contributed by atoms with Gasteiger partial charge in [-0.3, -0.25) is 14.4 Å². The van der Waals surface area contributed by atoms with Crippen LogP contribution in [0, 0.1) is 0 Å². The van der Waals surface area contributed by atoms with E-state index in [9.17, 15) is 14.4 Å². The summed E-state index contributed by atoms with van der Waals surface area (Å²) >= 11 is 5.88. The zero-order chi connectivity index (χ0) is 19.9. The van der Waals surface area contributed by atoms with Crippen molar-refractivity contribution in [1.82, 2.24) is 10.2 Å². The Bertz CT molecular complexity index is 864. The van der Waals surface area contributed by atoms with Crippen molar-refractivity contribution in [3.63, 3.8) is 0 Å². The number of hydrogen-bond acceptors (Lipinski definition) is 3. The first-order chi connectivity index (χ1) is 13.6. The number of carbonyl (C=O) groups excluding carboxylic acids is 3. The Morgan fingerprint density at radius 1 is 0.964 bits per heavy atom. The zero-order valence-electron chi connectivity index (χ0n) is 15.6. The number of nitrogens with one attached hydrogen (secondary N) is 1. The minimum absolute atomic E-state index is 0.144. The van der Waals surface area contributed by atoms with Crippen LogP contribution in [0.25, 0.3) is 0 Å². The third kappa shape index (κ3) is 4.98. The van der Waals surface area contributed by atoms with Crippen LogP contribution in [-0.2, 0) is 4.79 Å². The first-order valence-electron chi connectivity index (χ1n) is 9.51. The Balaban J connectivity index is 1.66. The molecule has 0 saturated carbocycles. The van der Waals surface area contributed by atoms with E-state index in [1.807, 2.05) is 0 Å². The summed E-state index contributed by atoms with van der Waals surface area (Å²) in [7, 11) is 0. The maximum atomic E-state index is 12.8. The molecule has 0 radical (unpaired) electrons. The molecule has 5 nitrogen and oxygen atoms in total. The van der Waals surface area contributed by atoms with E-state index in [1.165, 1.54) is 0 Å². The van der Waals surface area contributed by atoms with Crippen molar-refractivity contribution in [3.05, 3.63) is 70.2 Å². The Morgan fingerprint density at radius 3 is 2.43 bits per heavy atom. The molecule has 3 rings (SSSR count). The molecule has 2 aromatic carbocycles. The van der Waals surface area contributed by atoms with Crippen molar-refractivity contribution in [2.45, 2.75) is 25.7 Å². The largest absolute Gasteiger partial charge is 0.350 e. The van der Waals surface area contributed by atoms with Gasteiger partial charge in [-0.05, 0) is 43.2 Å². The van der Waals surface area contributed by atoms with Crippen LogP contribution in [-0.4, -0.2) is 42.1 Å². The Labute approximate surface area is 169 Å². The van der Waals surface area contributed by atoms with Gasteiger partial charge in [-0.1, -0.05) is 36.2 Å². The average Bonchev–Trinajstić information content (AvgIpc) is 2.92. The molecule has 0 spiro atoms. The monoisotopic (exact) mass is 398 g/mol. The minimum atomic E-state index is -0.319. The van der Waals surface area contributed by atoms with Gasteiger partial charge in [-0.2, -0.15) is 0 Å². The molecule has 146 valence electrons. The van der Waals surface area contributed by atoms with E-state index in [4.69, 9.17) is 11.6 Å². The van der Waals surface area contributed by atoms with Gasteiger partial charge in [-0.15, -0.1) is 0 Å². The van der Waals surface area contributed by atoms with Gasteiger partial charge in [0, 0.05) is 42.2 Å². The smallest absolute Gasteiger partial charge is 0.252 e. The molecule has 2 aromatic rings. The van der Waals surface area contributed by atoms with Crippen molar-refractivity contribution < 1.29 is 14.4 Å². The highest BCUT2D eigenvalue weighted by atomic mass is 35.5. The standard InChI is InChI=1S/C22H23ClN2O3/c23-17-11-9-16(10-12-17)21(27)18-6-3-4-7-19(18)22(28)24-13-15-25-14-5-1-2-8-20(25)26/h3-4,6-7,9-12H,1-2,5,8,13-15H2,(H,24,28). The molecule has 0 atom stereocenters. The molecule has 0 bridgehead atoms. The normalized spacial score (nSPS) is 14.5. The summed E-state index contributed by atoms with van der Waals surface area (Å²) in [6.45, 7) is 1.58. The zero-order valence-corrected chi connectivity index (χ0v) is 16.4. The first kappa shape index (κ1) is 20.1. The quantitative estimate of drug-likeness (QED) is 0.754. The molecule has 1 heterocycles. The Morgan fingerprint density at radius 2 is 1.68 bits per heavy atom. The number of hydrogen-bond donors (Lipinski definition) is 1. The second kappa shape index (κ2) is 9.51. The van der Waals surface area contributed by atoms with Crippen LogP contribution in [0.2, 0.25) is 5.02 Å². The van der Waals surface area contributed by atoms with E-state index >= 15 is 0 Å². The summed E-state index contributed by atoms with van der Waals surface area (Å²) in [5.41, 5.74) is 1.14. The molecule has 1 N–H and O–H groups in total. The van der Waals surface area contributed by atoms with Gasteiger partial charge in [0.1, 0.15) is 0 Å². The molecule has 2 amide bonds. The molecule has 1 aliphatic heterocycles. The average molecular weight is 399 g/mol. The van der Waals surface area contributed by atoms with Crippen LogP contribution in [0.5, 0.6) is 0 Å². The highest BCUT2D eigenvalue weighted by Crippen LogP contribution is 2.17. The van der Waals surface area contributed by atoms with E-state index in [2.05, 4.69) is 5.32 Å². The number of rotatable bonds is 6. The van der Waals surface area contributed by atoms with Gasteiger partial charge in [-0.25, -0.2) is 0 Å². The van der Waals surface area contributed by atoms with E-state index in [1.54, 1.807) is 53.4 Å². The Kier molecular flexibility index (Phi) is 6.82. The van der Waals surface area contributed by atoms with Gasteiger partial charge in [0.2, 0.25) is 5.91 Å². The first-order valence-corrected chi connectivity index (χ1v) is 9.89. The molecule has 0 unspecified atom stereocenters. The van der Waals surface area contributed by atoms with E-state index in [0.29, 0.717) is 41.2 Å². The molecule has 1 fully saturated rings. The summed E-state index contributed by atoms with van der Waals surface area (Å²) in [4.78, 5) is 39.3. The van der Waals surface area contributed by atoms with Gasteiger partial charge in [0.05, 0.1) is 5.56 Å². The summed E-state index contributed by atoms with van der Waals surface area (Å²) in [5, 5.41) is 3.38. The maximum absolute atomic E-state index is 12.8. The molecular weight excluding hydrogens is 376 g/mol. The molecule has 1 aliphatic rings. The Hall–Kier alpha value is -2.66. The van der Waals surface area contributed by atoms with Crippen LogP contribution in [0.4, 0.5) is 0 Å². The third-order valence-corrected chi connectivity index (χ3v) is 5.11. The van der Waals surface area contributed by atoms with Gasteiger partial charge in [0.15, 0.2) is 5.78 Å². The summed E-state index contributed by atoms with van der Waals surface area (Å²) < 4.78 is 0. The molecule has 1 saturated heterocycles. The number of halogens is 1. The number of benzene rings is 2. The predicted octanol–water partition coefficient (Wildman–Crippen LogP) is 3.70. The molecule has 28 heavy (non-hydrogen) atoms. The molecule has 0 aliphatic carbocycles. The van der Waals surface area contributed by atoms with Crippen molar-refractivity contribution in [2.75, 3.05) is 19.6 Å². The van der Waals surface area contributed by atoms with Crippen molar-refractivity contribution in [3.8, 4) is 0 Å². The fourth-order valence-electron chi connectivity index (χ4n) is 3.31. The maximum Gasteiger partial charge on any atom is 0.252 e. The summed E-state index contributed by atoms with van der Waals surface area (Å²) in [6.07, 6.45) is 3.57. The lowest BCUT2D eigenvalue weighted by atomic mass is 9.98. The summed E-state index contributed by atoms with van der Waals surface area (Å²) in [6, 6.07) is 13.3. The number of amides is 2. The van der Waals surface area contributed by atoms with Crippen LogP contribution < -0.4 is 5.32 Å². The lowest BCUT2D eigenvalue weighted by molar-refractivity contribution is -0.130. The topological polar surface area (TPSA) is 66.5 Å². The van der Waals surface area contributed by atoms with Gasteiger partial charge < -0.3 is 10.2 Å². The van der Waals surface area contributed by atoms with Gasteiger partial charge in [0.25, 0.3) is 5.91 Å². The second-order valence-corrected chi connectivity index (χ2v) is 7.27. The summed E-state index contributed by atoms with van der Waals surface area (Å²) in [5.74, 6) is -0.407. The van der Waals surface area contributed by atoms with Crippen LogP contribution in [0.15, 0.2) is 48.5 Å². The fraction of sp³-hybridized carbons (Fsp3) is 0.318. The van der Waals surface area contributed by atoms with Crippen LogP contribution in [0.1, 0.15) is 52.0 Å². The number of ketones is 1. The predicted molar refractivity (Wildman–Crippen MR) is 109 cm³/mol. The van der Waals surface area contributed by atoms with E-state index in [0.717, 1.165) is 25.8 Å². The van der Waals surface area contributed by atoms with Crippen molar-refractivity contribution in [1.29, 1.82) is 0 Å². The van der Waals surface area contributed by atoms with Gasteiger partial charge >= 0.3 is 0 Å². The molecule has 6 heteroatoms. The molecular formula is C22H23ClN2O3. The van der Waals surface area contributed by atoms with Crippen molar-refractivity contribution >= 4 is 29.2 Å². The van der Waals surface area contributed by atoms with E-state index < -0.39 is 0 Å². The van der Waals surface area contributed by atoms with Crippen LogP contribution in [0.3, 0.4) is 0 Å². The number of nitrogens with zero attached hydrogens (tertiary/aromatic N) is 1. The second-order valence-electron chi connectivity index (χ2n) is 6.83. The number of carbonyl (C=O) groups is 3. The van der Waals surface area contributed by atoms with Crippen molar-refractivity contribution in [2.24, 2.45) is 0 Å². The van der Waals surface area contributed by atoms with Crippen LogP contribution >= 0.6 is 11.6 Å².